The third-order valence-corrected chi connectivity index (χ3v) is 7.65. The Hall–Kier alpha value is -3.71. The molecule has 2 fully saturated rings. The Kier molecular flexibility index (Phi) is 10.5. The van der Waals surface area contributed by atoms with Crippen LogP contribution in [0.1, 0.15) is 68.9 Å². The van der Waals surface area contributed by atoms with E-state index < -0.39 is 60.7 Å². The number of phenolic OH excluding ortho intramolecular Hbond substituents is 1. The van der Waals surface area contributed by atoms with E-state index in [1.54, 1.807) is 12.1 Å². The molecule has 44 heavy (non-hydrogen) atoms. The van der Waals surface area contributed by atoms with Gasteiger partial charge >= 0.3 is 23.9 Å². The van der Waals surface area contributed by atoms with Gasteiger partial charge in [-0.2, -0.15) is 0 Å². The molecular weight excluding hydrogens is 600 g/mol. The molecule has 2 aliphatic rings. The summed E-state index contributed by atoms with van der Waals surface area (Å²) in [5, 5.41) is 23.2. The van der Waals surface area contributed by atoms with Crippen molar-refractivity contribution >= 4 is 35.5 Å². The van der Waals surface area contributed by atoms with Crippen molar-refractivity contribution in [2.45, 2.75) is 83.3 Å². The first-order chi connectivity index (χ1) is 20.8. The summed E-state index contributed by atoms with van der Waals surface area (Å²) in [6.45, 7) is 4.55. The zero-order valence-corrected chi connectivity index (χ0v) is 25.5. The van der Waals surface area contributed by atoms with Crippen LogP contribution in [0.25, 0.3) is 0 Å². The quantitative estimate of drug-likeness (QED) is 0.306. The topological polar surface area (TPSA) is 164 Å². The maximum atomic E-state index is 12.2. The molecule has 13 heteroatoms. The highest BCUT2D eigenvalue weighted by molar-refractivity contribution is 6.31. The molecule has 0 amide bonds. The number of hydrogen-bond acceptors (Lipinski definition) is 12. The summed E-state index contributed by atoms with van der Waals surface area (Å²) in [6, 6.07) is 9.69. The lowest BCUT2D eigenvalue weighted by Gasteiger charge is -2.48. The maximum Gasteiger partial charge on any atom is 0.303 e. The Balaban J connectivity index is 1.75. The van der Waals surface area contributed by atoms with Gasteiger partial charge < -0.3 is 38.6 Å². The van der Waals surface area contributed by atoms with Gasteiger partial charge in [0.1, 0.15) is 18.5 Å². The molecule has 0 radical (unpaired) electrons. The fourth-order valence-corrected chi connectivity index (χ4v) is 5.64. The number of benzene rings is 2. The van der Waals surface area contributed by atoms with Crippen LogP contribution in [-0.4, -0.2) is 71.7 Å². The molecule has 2 N–H and O–H groups in total. The number of aromatic hydroxyl groups is 1. The van der Waals surface area contributed by atoms with Gasteiger partial charge in [-0.3, -0.25) is 19.2 Å². The molecule has 0 unspecified atom stereocenters. The molecule has 2 heterocycles. The Morgan fingerprint density at radius 3 is 2.20 bits per heavy atom. The number of rotatable bonds is 9. The third-order valence-electron chi connectivity index (χ3n) is 7.28. The molecular formula is C31H35ClO12. The zero-order chi connectivity index (χ0) is 32.2. The Labute approximate surface area is 259 Å². The number of carbonyl (C=O) groups is 4. The zero-order valence-electron chi connectivity index (χ0n) is 24.7. The van der Waals surface area contributed by atoms with E-state index in [9.17, 15) is 29.4 Å². The molecule has 2 aromatic rings. The average Bonchev–Trinajstić information content (AvgIpc) is 3.46. The van der Waals surface area contributed by atoms with Crippen LogP contribution < -0.4 is 0 Å². The minimum Gasteiger partial charge on any atom is -0.508 e. The maximum absolute atomic E-state index is 12.2. The van der Waals surface area contributed by atoms with Crippen LogP contribution in [-0.2, 0) is 59.8 Å². The second-order valence-electron chi connectivity index (χ2n) is 10.7. The molecule has 12 nitrogen and oxygen atoms in total. The number of phenols is 1. The summed E-state index contributed by atoms with van der Waals surface area (Å²) < 4.78 is 33.1. The van der Waals surface area contributed by atoms with Gasteiger partial charge in [0.05, 0.1) is 6.10 Å². The van der Waals surface area contributed by atoms with Crippen molar-refractivity contribution in [1.82, 2.24) is 0 Å². The lowest BCUT2D eigenvalue weighted by atomic mass is 9.86. The number of carbonyl (C=O) groups excluding carboxylic acids is 4. The van der Waals surface area contributed by atoms with Gasteiger partial charge in [0.15, 0.2) is 12.2 Å². The highest BCUT2D eigenvalue weighted by Crippen LogP contribution is 2.42. The molecule has 238 valence electrons. The summed E-state index contributed by atoms with van der Waals surface area (Å²) >= 11 is 6.54. The van der Waals surface area contributed by atoms with Crippen molar-refractivity contribution in [1.29, 1.82) is 0 Å². The molecule has 0 saturated carbocycles. The van der Waals surface area contributed by atoms with Gasteiger partial charge in [-0.15, -0.1) is 0 Å². The fraction of sp³-hybridized carbons (Fsp3) is 0.484. The highest BCUT2D eigenvalue weighted by atomic mass is 35.5. The first-order valence-corrected chi connectivity index (χ1v) is 14.4. The highest BCUT2D eigenvalue weighted by Gasteiger charge is 2.60. The van der Waals surface area contributed by atoms with E-state index in [2.05, 4.69) is 0 Å². The van der Waals surface area contributed by atoms with E-state index >= 15 is 0 Å². The molecule has 2 aromatic carbocycles. The van der Waals surface area contributed by atoms with Gasteiger partial charge in [-0.05, 0) is 48.6 Å². The van der Waals surface area contributed by atoms with Gasteiger partial charge in [0.2, 0.25) is 11.9 Å². The van der Waals surface area contributed by atoms with Crippen LogP contribution in [0.3, 0.4) is 0 Å². The molecule has 0 spiro atoms. The second kappa shape index (κ2) is 13.9. The second-order valence-corrected chi connectivity index (χ2v) is 11.1. The number of hydrogen-bond donors (Lipinski definition) is 2. The number of halogens is 1. The van der Waals surface area contributed by atoms with Gasteiger partial charge in [-0.25, -0.2) is 0 Å². The van der Waals surface area contributed by atoms with Crippen LogP contribution in [0.5, 0.6) is 5.75 Å². The summed E-state index contributed by atoms with van der Waals surface area (Å²) in [5.74, 6) is -5.59. The van der Waals surface area contributed by atoms with Crippen molar-refractivity contribution < 1.29 is 57.8 Å². The predicted octanol–water partition coefficient (Wildman–Crippen LogP) is 3.39. The predicted molar refractivity (Wildman–Crippen MR) is 152 cm³/mol. The molecule has 0 bridgehead atoms. The smallest absolute Gasteiger partial charge is 0.303 e. The number of aliphatic hydroxyl groups is 1. The first kappa shape index (κ1) is 33.2. The van der Waals surface area contributed by atoms with Crippen LogP contribution in [0.2, 0.25) is 5.02 Å². The summed E-state index contributed by atoms with van der Waals surface area (Å²) in [6.07, 6.45) is -4.31. The van der Waals surface area contributed by atoms with Crippen LogP contribution in [0.15, 0.2) is 36.4 Å². The van der Waals surface area contributed by atoms with Crippen LogP contribution in [0, 0.1) is 0 Å². The lowest BCUT2D eigenvalue weighted by Crippen LogP contribution is -2.66. The van der Waals surface area contributed by atoms with Crippen molar-refractivity contribution in [3.05, 3.63) is 63.7 Å². The summed E-state index contributed by atoms with van der Waals surface area (Å²) in [4.78, 5) is 48.1. The van der Waals surface area contributed by atoms with E-state index in [4.69, 9.17) is 40.0 Å². The van der Waals surface area contributed by atoms with Crippen molar-refractivity contribution in [3.8, 4) is 5.75 Å². The van der Waals surface area contributed by atoms with Crippen LogP contribution in [0.4, 0.5) is 0 Å². The molecule has 4 rings (SSSR count). The van der Waals surface area contributed by atoms with Gasteiger partial charge in [0.25, 0.3) is 0 Å². The minimum atomic E-state index is -2.50. The van der Waals surface area contributed by atoms with Gasteiger partial charge in [-0.1, -0.05) is 29.8 Å². The fourth-order valence-electron chi connectivity index (χ4n) is 5.46. The van der Waals surface area contributed by atoms with E-state index in [0.717, 1.165) is 40.5 Å². The molecule has 2 aliphatic heterocycles. The van der Waals surface area contributed by atoms with E-state index in [0.29, 0.717) is 28.3 Å². The van der Waals surface area contributed by atoms with Crippen molar-refractivity contribution in [3.63, 3.8) is 0 Å². The normalized spacial score (nSPS) is 26.5. The summed E-state index contributed by atoms with van der Waals surface area (Å²) in [5.41, 5.74) is 1.96. The standard InChI is InChI=1S/C31H35ClO12/c1-16(33)40-15-27-28(41-17(2)34)29(42-18(3)35)30(43-19(4)36)31(38,44-27)22-8-10-24(32)21(14-22)12-20-7-9-23(25(37)13-20)26-6-5-11-39-26/h7-10,13-14,26-30,37-38H,5-6,11-12,15H2,1-4H3/t26-,27+,28+,29-,30+,31-/m0/s1. The Bertz CT molecular complexity index is 1400. The van der Waals surface area contributed by atoms with Gasteiger partial charge in [0, 0.05) is 50.5 Å². The minimum absolute atomic E-state index is 0.0506. The Morgan fingerprint density at radius 1 is 0.932 bits per heavy atom. The summed E-state index contributed by atoms with van der Waals surface area (Å²) in [7, 11) is 0. The van der Waals surface area contributed by atoms with Crippen LogP contribution >= 0.6 is 11.6 Å². The van der Waals surface area contributed by atoms with Crippen molar-refractivity contribution in [2.75, 3.05) is 13.2 Å². The molecule has 0 aliphatic carbocycles. The Morgan fingerprint density at radius 2 is 1.61 bits per heavy atom. The SMILES string of the molecule is CC(=O)OC[C@H]1O[C@@](O)(c2ccc(Cl)c(Cc3ccc([C@@H]4CCCO4)c(O)c3)c2)[C@H](OC(C)=O)[C@@H](OC(C)=O)[C@@H]1OC(C)=O. The number of ether oxygens (including phenoxy) is 6. The lowest BCUT2D eigenvalue weighted by molar-refractivity contribution is -0.360. The van der Waals surface area contributed by atoms with Crippen molar-refractivity contribution in [2.24, 2.45) is 0 Å². The van der Waals surface area contributed by atoms with E-state index in [-0.39, 0.29) is 23.8 Å². The number of esters is 4. The van der Waals surface area contributed by atoms with E-state index in [1.807, 2.05) is 6.07 Å². The monoisotopic (exact) mass is 634 g/mol. The average molecular weight is 635 g/mol. The largest absolute Gasteiger partial charge is 0.508 e. The molecule has 2 saturated heterocycles. The first-order valence-electron chi connectivity index (χ1n) is 14.1. The molecule has 6 atom stereocenters. The third kappa shape index (κ3) is 7.68. The molecule has 0 aromatic heterocycles. The van der Waals surface area contributed by atoms with E-state index in [1.165, 1.54) is 18.2 Å².